The number of para-hydroxylation sites is 1. The van der Waals surface area contributed by atoms with Crippen LogP contribution in [0.15, 0.2) is 69.2 Å². The van der Waals surface area contributed by atoms with Crippen LogP contribution in [0.4, 0.5) is 5.82 Å². The highest BCUT2D eigenvalue weighted by Crippen LogP contribution is 2.47. The summed E-state index contributed by atoms with van der Waals surface area (Å²) < 4.78 is 7.19. The molecule has 28 heavy (non-hydrogen) atoms. The van der Waals surface area contributed by atoms with Crippen molar-refractivity contribution in [3.8, 4) is 5.69 Å². The first-order valence-electron chi connectivity index (χ1n) is 9.42. The molecule has 0 fully saturated rings. The maximum absolute atomic E-state index is 13.3. The van der Waals surface area contributed by atoms with Crippen LogP contribution in [0.1, 0.15) is 43.9 Å². The van der Waals surface area contributed by atoms with E-state index in [4.69, 9.17) is 4.42 Å². The summed E-state index contributed by atoms with van der Waals surface area (Å²) in [5, 5.41) is 6.54. The Morgan fingerprint density at radius 2 is 1.86 bits per heavy atom. The van der Waals surface area contributed by atoms with E-state index in [2.05, 4.69) is 24.3 Å². The zero-order valence-corrected chi connectivity index (χ0v) is 15.8. The number of Topliss-reactive ketones (excluding diaryl/α,β-unsaturated/α-hetero) is 1. The number of nitrogens with one attached hydrogen (secondary N) is 2. The fourth-order valence-corrected chi connectivity index (χ4v) is 4.39. The number of aromatic nitrogens is 2. The Balaban J connectivity index is 1.74. The summed E-state index contributed by atoms with van der Waals surface area (Å²) in [6.07, 6.45) is 2.78. The van der Waals surface area contributed by atoms with E-state index in [1.54, 1.807) is 12.3 Å². The zero-order chi connectivity index (χ0) is 19.5. The molecular weight excluding hydrogens is 354 g/mol. The fraction of sp³-hybridized carbons (Fsp3) is 0.273. The van der Waals surface area contributed by atoms with E-state index in [9.17, 15) is 9.59 Å². The highest BCUT2D eigenvalue weighted by Gasteiger charge is 2.43. The SMILES string of the molecule is CC1(C)CC(=O)C2=C(C1)Nc1[nH]n(-c3ccccc3)c(=O)c1C2c1ccco1. The molecule has 1 aliphatic heterocycles. The van der Waals surface area contributed by atoms with Gasteiger partial charge in [-0.1, -0.05) is 32.0 Å². The maximum atomic E-state index is 13.3. The van der Waals surface area contributed by atoms with Crippen LogP contribution < -0.4 is 10.9 Å². The van der Waals surface area contributed by atoms with Crippen molar-refractivity contribution in [2.24, 2.45) is 5.41 Å². The first-order chi connectivity index (χ1) is 13.4. The molecule has 6 heteroatoms. The number of hydrogen-bond acceptors (Lipinski definition) is 4. The van der Waals surface area contributed by atoms with Crippen LogP contribution in [-0.4, -0.2) is 15.6 Å². The summed E-state index contributed by atoms with van der Waals surface area (Å²) in [5.74, 6) is 0.801. The van der Waals surface area contributed by atoms with Gasteiger partial charge in [0.25, 0.3) is 5.56 Å². The Kier molecular flexibility index (Phi) is 3.53. The zero-order valence-electron chi connectivity index (χ0n) is 15.8. The molecule has 2 aliphatic rings. The molecule has 0 saturated carbocycles. The van der Waals surface area contributed by atoms with Crippen LogP contribution >= 0.6 is 0 Å². The minimum atomic E-state index is -0.501. The molecule has 142 valence electrons. The average Bonchev–Trinajstić information content (AvgIpc) is 3.28. The third-order valence-corrected chi connectivity index (χ3v) is 5.54. The summed E-state index contributed by atoms with van der Waals surface area (Å²) in [5.41, 5.74) is 2.47. The summed E-state index contributed by atoms with van der Waals surface area (Å²) in [7, 11) is 0. The van der Waals surface area contributed by atoms with Crippen molar-refractivity contribution >= 4 is 11.6 Å². The second kappa shape index (κ2) is 5.86. The Labute approximate surface area is 161 Å². The molecule has 0 saturated heterocycles. The number of nitrogens with zero attached hydrogens (tertiary/aromatic N) is 1. The molecule has 1 unspecified atom stereocenters. The van der Waals surface area contributed by atoms with Crippen LogP contribution in [0.3, 0.4) is 0 Å². The summed E-state index contributed by atoms with van der Waals surface area (Å²) in [6, 6.07) is 13.0. The van der Waals surface area contributed by atoms with Crippen LogP contribution in [0.5, 0.6) is 0 Å². The number of carbonyl (C=O) groups excluding carboxylic acids is 1. The third kappa shape index (κ3) is 2.48. The van der Waals surface area contributed by atoms with Gasteiger partial charge in [-0.25, -0.2) is 4.68 Å². The Hall–Kier alpha value is -3.28. The van der Waals surface area contributed by atoms with Crippen molar-refractivity contribution < 1.29 is 9.21 Å². The van der Waals surface area contributed by atoms with Crippen LogP contribution in [0, 0.1) is 5.41 Å². The number of hydrogen-bond donors (Lipinski definition) is 2. The molecule has 2 N–H and O–H groups in total. The van der Waals surface area contributed by atoms with Gasteiger partial charge in [-0.3, -0.25) is 14.7 Å². The molecule has 0 amide bonds. The summed E-state index contributed by atoms with van der Waals surface area (Å²) in [4.78, 5) is 26.4. The van der Waals surface area contributed by atoms with E-state index >= 15 is 0 Å². The normalized spacial score (nSPS) is 20.5. The topological polar surface area (TPSA) is 80.0 Å². The molecule has 0 radical (unpaired) electrons. The largest absolute Gasteiger partial charge is 0.468 e. The molecule has 0 bridgehead atoms. The predicted octanol–water partition coefficient (Wildman–Crippen LogP) is 3.96. The molecule has 3 heterocycles. The molecule has 6 nitrogen and oxygen atoms in total. The smallest absolute Gasteiger partial charge is 0.277 e. The minimum Gasteiger partial charge on any atom is -0.468 e. The number of aromatic amines is 1. The molecular formula is C22H21N3O3. The van der Waals surface area contributed by atoms with E-state index in [-0.39, 0.29) is 16.8 Å². The van der Waals surface area contributed by atoms with Gasteiger partial charge in [0.15, 0.2) is 5.78 Å². The number of furan rings is 1. The van der Waals surface area contributed by atoms with Crippen molar-refractivity contribution in [2.75, 3.05) is 5.32 Å². The van der Waals surface area contributed by atoms with E-state index in [0.717, 1.165) is 17.8 Å². The van der Waals surface area contributed by atoms with Crippen LogP contribution in [0.2, 0.25) is 0 Å². The predicted molar refractivity (Wildman–Crippen MR) is 106 cm³/mol. The van der Waals surface area contributed by atoms with Crippen molar-refractivity contribution in [1.82, 2.24) is 9.78 Å². The summed E-state index contributed by atoms with van der Waals surface area (Å²) >= 11 is 0. The second-order valence-electron chi connectivity index (χ2n) is 8.28. The number of rotatable bonds is 2. The van der Waals surface area contributed by atoms with Crippen molar-refractivity contribution in [1.29, 1.82) is 0 Å². The van der Waals surface area contributed by atoms with Crippen molar-refractivity contribution in [2.45, 2.75) is 32.6 Å². The molecule has 3 aromatic rings. The van der Waals surface area contributed by atoms with Gasteiger partial charge in [0, 0.05) is 17.7 Å². The Morgan fingerprint density at radius 3 is 2.57 bits per heavy atom. The van der Waals surface area contributed by atoms with Gasteiger partial charge >= 0.3 is 0 Å². The standard InChI is InChI=1S/C22H21N3O3/c1-22(2)11-14-17(15(26)12-22)18(16-9-6-10-28-16)19-20(23-14)24-25(21(19)27)13-7-4-3-5-8-13/h3-10,18,23-24H,11-12H2,1-2H3. The quantitative estimate of drug-likeness (QED) is 0.710. The lowest BCUT2D eigenvalue weighted by molar-refractivity contribution is -0.118. The first kappa shape index (κ1) is 16.9. The lowest BCUT2D eigenvalue weighted by Gasteiger charge is -2.37. The monoisotopic (exact) mass is 375 g/mol. The lowest BCUT2D eigenvalue weighted by Crippen LogP contribution is -2.35. The molecule has 2 aromatic heterocycles. The van der Waals surface area contributed by atoms with Gasteiger partial charge in [-0.2, -0.15) is 0 Å². The number of allylic oxidation sites excluding steroid dienone is 2. The Bertz CT molecular complexity index is 1150. The Morgan fingerprint density at radius 1 is 1.07 bits per heavy atom. The van der Waals surface area contributed by atoms with E-state index in [1.807, 2.05) is 36.4 Å². The van der Waals surface area contributed by atoms with Gasteiger partial charge in [0.1, 0.15) is 11.6 Å². The molecule has 0 spiro atoms. The highest BCUT2D eigenvalue weighted by molar-refractivity contribution is 6.01. The number of fused-ring (bicyclic) bond motifs is 1. The van der Waals surface area contributed by atoms with Gasteiger partial charge in [0.05, 0.1) is 23.4 Å². The number of H-pyrrole nitrogens is 1. The van der Waals surface area contributed by atoms with E-state index < -0.39 is 5.92 Å². The van der Waals surface area contributed by atoms with Gasteiger partial charge in [-0.05, 0) is 36.1 Å². The maximum Gasteiger partial charge on any atom is 0.277 e. The highest BCUT2D eigenvalue weighted by atomic mass is 16.3. The molecule has 1 atom stereocenters. The van der Waals surface area contributed by atoms with E-state index in [0.29, 0.717) is 29.1 Å². The van der Waals surface area contributed by atoms with Crippen LogP contribution in [-0.2, 0) is 4.79 Å². The molecule has 1 aromatic carbocycles. The average molecular weight is 375 g/mol. The molecule has 1 aliphatic carbocycles. The number of anilines is 1. The number of carbonyl (C=O) groups is 1. The van der Waals surface area contributed by atoms with Crippen molar-refractivity contribution in [3.05, 3.63) is 81.7 Å². The van der Waals surface area contributed by atoms with Gasteiger partial charge in [0.2, 0.25) is 0 Å². The number of ketones is 1. The number of benzene rings is 1. The van der Waals surface area contributed by atoms with Gasteiger partial charge in [-0.15, -0.1) is 0 Å². The van der Waals surface area contributed by atoms with E-state index in [1.165, 1.54) is 4.68 Å². The molecule has 5 rings (SSSR count). The minimum absolute atomic E-state index is 0.0673. The second-order valence-corrected chi connectivity index (χ2v) is 8.28. The van der Waals surface area contributed by atoms with Crippen molar-refractivity contribution in [3.63, 3.8) is 0 Å². The fourth-order valence-electron chi connectivity index (χ4n) is 4.39. The third-order valence-electron chi connectivity index (χ3n) is 5.54. The first-order valence-corrected chi connectivity index (χ1v) is 9.42. The lowest BCUT2D eigenvalue weighted by atomic mass is 9.70. The van der Waals surface area contributed by atoms with Crippen LogP contribution in [0.25, 0.3) is 5.69 Å². The summed E-state index contributed by atoms with van der Waals surface area (Å²) in [6.45, 7) is 4.18. The van der Waals surface area contributed by atoms with Gasteiger partial charge < -0.3 is 9.73 Å².